The number of phenolic OH excluding ortho intramolecular Hbond substituents is 2. The number of non-ortho nitro benzene ring substituents is 1. The number of nitrogens with zero attached hydrogens (tertiary/aromatic N) is 3. The van der Waals surface area contributed by atoms with Crippen molar-refractivity contribution in [1.29, 1.82) is 0 Å². The molecule has 0 saturated heterocycles. The third-order valence-electron chi connectivity index (χ3n) is 3.78. The van der Waals surface area contributed by atoms with Gasteiger partial charge in [0.15, 0.2) is 5.75 Å². The van der Waals surface area contributed by atoms with E-state index in [4.69, 9.17) is 5.73 Å². The lowest BCUT2D eigenvalue weighted by Gasteiger charge is -2.09. The highest BCUT2D eigenvalue weighted by molar-refractivity contribution is 7.86. The zero-order chi connectivity index (χ0) is 20.6. The Morgan fingerprint density at radius 1 is 1.04 bits per heavy atom. The first-order chi connectivity index (χ1) is 13.1. The summed E-state index contributed by atoms with van der Waals surface area (Å²) in [5.74, 6) is -1.17. The summed E-state index contributed by atoms with van der Waals surface area (Å²) in [7, 11) is -4.80. The molecule has 0 aliphatic rings. The van der Waals surface area contributed by atoms with E-state index in [0.717, 1.165) is 24.3 Å². The van der Waals surface area contributed by atoms with Gasteiger partial charge in [-0.15, -0.1) is 10.2 Å². The van der Waals surface area contributed by atoms with Gasteiger partial charge in [-0.05, 0) is 35.7 Å². The molecule has 0 amide bonds. The van der Waals surface area contributed by atoms with Crippen molar-refractivity contribution in [2.24, 2.45) is 10.2 Å². The molecule has 11 nitrogen and oxygen atoms in total. The number of fused-ring (bicyclic) bond motifs is 1. The van der Waals surface area contributed by atoms with Gasteiger partial charge in [-0.25, -0.2) is 0 Å². The summed E-state index contributed by atoms with van der Waals surface area (Å²) in [5.41, 5.74) is 4.77. The molecule has 0 spiro atoms. The van der Waals surface area contributed by atoms with E-state index >= 15 is 0 Å². The van der Waals surface area contributed by atoms with Gasteiger partial charge < -0.3 is 15.9 Å². The molecule has 144 valence electrons. The standard InChI is InChI=1S/C16H12N4O7S/c17-9-1-3-11-8(5-9)6-14(28(25,26)27)15(16(11)22)19-18-12-4-2-10(20(23)24)7-13(12)21/h1-7,21-22H,17H2,(H,25,26,27). The summed E-state index contributed by atoms with van der Waals surface area (Å²) in [4.78, 5) is 9.24. The Morgan fingerprint density at radius 3 is 2.36 bits per heavy atom. The molecule has 0 aromatic heterocycles. The lowest BCUT2D eigenvalue weighted by molar-refractivity contribution is -0.384. The lowest BCUT2D eigenvalue weighted by Crippen LogP contribution is -1.99. The number of anilines is 1. The number of hydrogen-bond acceptors (Lipinski definition) is 9. The molecular formula is C16H12N4O7S. The van der Waals surface area contributed by atoms with E-state index in [-0.39, 0.29) is 22.1 Å². The maximum Gasteiger partial charge on any atom is 0.296 e. The quantitative estimate of drug-likeness (QED) is 0.167. The molecule has 0 unspecified atom stereocenters. The number of rotatable bonds is 4. The van der Waals surface area contributed by atoms with Crippen LogP contribution in [0.3, 0.4) is 0 Å². The number of phenols is 2. The van der Waals surface area contributed by atoms with Crippen molar-refractivity contribution in [3.63, 3.8) is 0 Å². The molecular weight excluding hydrogens is 392 g/mol. The van der Waals surface area contributed by atoms with Crippen molar-refractivity contribution in [3.8, 4) is 11.5 Å². The van der Waals surface area contributed by atoms with E-state index in [9.17, 15) is 33.3 Å². The van der Waals surface area contributed by atoms with Crippen LogP contribution in [0.2, 0.25) is 0 Å². The highest BCUT2D eigenvalue weighted by Crippen LogP contribution is 2.42. The second kappa shape index (κ2) is 6.75. The summed E-state index contributed by atoms with van der Waals surface area (Å²) in [5, 5.41) is 38.6. The summed E-state index contributed by atoms with van der Waals surface area (Å²) < 4.78 is 32.9. The van der Waals surface area contributed by atoms with Crippen molar-refractivity contribution in [1.82, 2.24) is 0 Å². The highest BCUT2D eigenvalue weighted by atomic mass is 32.2. The van der Waals surface area contributed by atoms with Crippen molar-refractivity contribution < 1.29 is 28.1 Å². The molecule has 0 atom stereocenters. The van der Waals surface area contributed by atoms with Crippen LogP contribution in [-0.2, 0) is 10.1 Å². The fourth-order valence-electron chi connectivity index (χ4n) is 2.48. The molecule has 12 heteroatoms. The third kappa shape index (κ3) is 3.54. The van der Waals surface area contributed by atoms with Gasteiger partial charge in [0, 0.05) is 17.1 Å². The van der Waals surface area contributed by atoms with Crippen molar-refractivity contribution >= 4 is 43.6 Å². The maximum absolute atomic E-state index is 11.7. The van der Waals surface area contributed by atoms with Crippen LogP contribution in [0.4, 0.5) is 22.7 Å². The van der Waals surface area contributed by atoms with E-state index in [1.54, 1.807) is 0 Å². The van der Waals surface area contributed by atoms with Gasteiger partial charge in [0.2, 0.25) is 0 Å². The second-order valence-corrected chi connectivity index (χ2v) is 7.05. The van der Waals surface area contributed by atoms with E-state index in [2.05, 4.69) is 10.2 Å². The SMILES string of the molecule is Nc1ccc2c(O)c(N=Nc3ccc([N+](=O)[O-])cc3O)c(S(=O)(=O)O)cc2c1. The molecule has 0 heterocycles. The molecule has 0 bridgehead atoms. The Morgan fingerprint density at radius 2 is 1.75 bits per heavy atom. The summed E-state index contributed by atoms with van der Waals surface area (Å²) in [6, 6.07) is 8.33. The Balaban J connectivity index is 2.19. The number of azo groups is 1. The van der Waals surface area contributed by atoms with Crippen LogP contribution in [0.5, 0.6) is 11.5 Å². The number of nitro groups is 1. The van der Waals surface area contributed by atoms with Crippen LogP contribution in [0.15, 0.2) is 57.6 Å². The van der Waals surface area contributed by atoms with Crippen LogP contribution in [0.25, 0.3) is 10.8 Å². The first-order valence-corrected chi connectivity index (χ1v) is 8.94. The molecule has 0 radical (unpaired) electrons. The van der Waals surface area contributed by atoms with Gasteiger partial charge in [-0.3, -0.25) is 14.7 Å². The van der Waals surface area contributed by atoms with Gasteiger partial charge in [0.05, 0.1) is 11.0 Å². The monoisotopic (exact) mass is 404 g/mol. The number of hydrogen-bond donors (Lipinski definition) is 4. The van der Waals surface area contributed by atoms with Crippen LogP contribution >= 0.6 is 0 Å². The predicted octanol–water partition coefficient (Wildman–Crippen LogP) is 3.40. The third-order valence-corrected chi connectivity index (χ3v) is 4.65. The fourth-order valence-corrected chi connectivity index (χ4v) is 3.13. The molecule has 5 N–H and O–H groups in total. The molecule has 3 aromatic carbocycles. The normalized spacial score (nSPS) is 11.9. The first-order valence-electron chi connectivity index (χ1n) is 7.50. The minimum Gasteiger partial charge on any atom is -0.505 e. The van der Waals surface area contributed by atoms with E-state index in [0.29, 0.717) is 5.69 Å². The Bertz CT molecular complexity index is 1260. The van der Waals surface area contributed by atoms with Gasteiger partial charge in [-0.2, -0.15) is 8.42 Å². The predicted molar refractivity (Wildman–Crippen MR) is 98.8 cm³/mol. The molecule has 0 aliphatic heterocycles. The maximum atomic E-state index is 11.7. The average Bonchev–Trinajstić information content (AvgIpc) is 2.60. The second-order valence-electron chi connectivity index (χ2n) is 5.66. The fraction of sp³-hybridized carbons (Fsp3) is 0. The van der Waals surface area contributed by atoms with Crippen LogP contribution in [0.1, 0.15) is 0 Å². The number of nitrogens with two attached hydrogens (primary N) is 1. The number of nitrogen functional groups attached to an aromatic ring is 1. The van der Waals surface area contributed by atoms with E-state index in [1.165, 1.54) is 18.2 Å². The Labute approximate surface area is 157 Å². The minimum absolute atomic E-state index is 0.198. The van der Waals surface area contributed by atoms with Gasteiger partial charge >= 0.3 is 0 Å². The first kappa shape index (κ1) is 19.0. The molecule has 0 aliphatic carbocycles. The number of benzene rings is 3. The summed E-state index contributed by atoms with van der Waals surface area (Å²) in [6.07, 6.45) is 0. The van der Waals surface area contributed by atoms with Crippen LogP contribution in [0, 0.1) is 10.1 Å². The van der Waals surface area contributed by atoms with E-state index < -0.39 is 37.1 Å². The summed E-state index contributed by atoms with van der Waals surface area (Å²) in [6.45, 7) is 0. The highest BCUT2D eigenvalue weighted by Gasteiger charge is 2.22. The van der Waals surface area contributed by atoms with Crippen LogP contribution in [-0.4, -0.2) is 28.1 Å². The summed E-state index contributed by atoms with van der Waals surface area (Å²) >= 11 is 0. The van der Waals surface area contributed by atoms with Crippen molar-refractivity contribution in [2.45, 2.75) is 4.90 Å². The van der Waals surface area contributed by atoms with Crippen molar-refractivity contribution in [2.75, 3.05) is 5.73 Å². The molecule has 3 rings (SSSR count). The van der Waals surface area contributed by atoms with Gasteiger partial charge in [0.25, 0.3) is 15.8 Å². The topological polar surface area (TPSA) is 189 Å². The lowest BCUT2D eigenvalue weighted by atomic mass is 10.1. The number of nitro benzene ring substituents is 1. The minimum atomic E-state index is -4.80. The number of aromatic hydroxyl groups is 2. The molecule has 0 saturated carbocycles. The zero-order valence-corrected chi connectivity index (χ0v) is 14.7. The molecule has 3 aromatic rings. The average molecular weight is 404 g/mol. The van der Waals surface area contributed by atoms with Crippen LogP contribution < -0.4 is 5.73 Å². The molecule has 0 fully saturated rings. The smallest absolute Gasteiger partial charge is 0.296 e. The Kier molecular flexibility index (Phi) is 4.58. The molecule has 28 heavy (non-hydrogen) atoms. The zero-order valence-electron chi connectivity index (χ0n) is 13.8. The van der Waals surface area contributed by atoms with E-state index in [1.807, 2.05) is 0 Å². The van der Waals surface area contributed by atoms with Gasteiger partial charge in [0.1, 0.15) is 22.0 Å². The largest absolute Gasteiger partial charge is 0.505 e. The van der Waals surface area contributed by atoms with Gasteiger partial charge in [-0.1, -0.05) is 0 Å². The van der Waals surface area contributed by atoms with Crippen molar-refractivity contribution in [3.05, 3.63) is 52.6 Å². The Hall–Kier alpha value is -3.77.